The molecular weight excluding hydrogens is 416 g/mol. The van der Waals surface area contributed by atoms with E-state index >= 15 is 0 Å². The molecule has 0 saturated heterocycles. The number of carbonyl (C=O) groups excluding carboxylic acids is 3. The lowest BCUT2D eigenvalue weighted by molar-refractivity contribution is -0.133. The molecule has 0 radical (unpaired) electrons. The van der Waals surface area contributed by atoms with Crippen molar-refractivity contribution < 1.29 is 24.2 Å². The van der Waals surface area contributed by atoms with Crippen LogP contribution in [0.15, 0.2) is 24.3 Å². The van der Waals surface area contributed by atoms with Gasteiger partial charge >= 0.3 is 0 Å². The van der Waals surface area contributed by atoms with Crippen molar-refractivity contribution in [2.75, 3.05) is 13.7 Å². The van der Waals surface area contributed by atoms with Crippen LogP contribution in [0, 0.1) is 5.92 Å². The van der Waals surface area contributed by atoms with Gasteiger partial charge in [-0.3, -0.25) is 14.4 Å². The van der Waals surface area contributed by atoms with Gasteiger partial charge < -0.3 is 20.5 Å². The lowest BCUT2D eigenvalue weighted by Crippen LogP contribution is -2.59. The number of hydrogen-bond donors (Lipinski definition) is 3. The van der Waals surface area contributed by atoms with Gasteiger partial charge in [-0.2, -0.15) is 0 Å². The fourth-order valence-corrected chi connectivity index (χ4v) is 4.65. The molecule has 0 aromatic heterocycles. The number of aliphatic hydroxyl groups is 1. The van der Waals surface area contributed by atoms with Crippen molar-refractivity contribution in [3.8, 4) is 5.75 Å². The standard InChI is InChI=1S/C23H34N2O5S/c1-15(2)20(31-16(3)26)21(28)25-23(11-5-6-12-23)22(29)24-14-18(27)13-17-7-9-19(30-4)10-8-17/h7-10,15,18,20,27H,5-6,11-14H2,1-4H3,(H,24,29)(H,25,28)/t18-,20?/m0/s1. The van der Waals surface area contributed by atoms with Crippen LogP contribution in [-0.4, -0.2) is 52.6 Å². The first-order valence-electron chi connectivity index (χ1n) is 10.8. The SMILES string of the molecule is COc1ccc(C[C@H](O)CNC(=O)C2(NC(=O)C(SC(C)=O)C(C)C)CCCC2)cc1. The van der Waals surface area contributed by atoms with E-state index in [-0.39, 0.29) is 29.4 Å². The van der Waals surface area contributed by atoms with Gasteiger partial charge in [0.25, 0.3) is 0 Å². The van der Waals surface area contributed by atoms with Crippen molar-refractivity contribution in [1.29, 1.82) is 0 Å². The Morgan fingerprint density at radius 1 is 1.16 bits per heavy atom. The second-order valence-electron chi connectivity index (χ2n) is 8.47. The summed E-state index contributed by atoms with van der Waals surface area (Å²) in [5, 5.41) is 15.5. The summed E-state index contributed by atoms with van der Waals surface area (Å²) < 4.78 is 5.13. The largest absolute Gasteiger partial charge is 0.497 e. The van der Waals surface area contributed by atoms with E-state index in [4.69, 9.17) is 4.74 Å². The fraction of sp³-hybridized carbons (Fsp3) is 0.609. The molecule has 3 N–H and O–H groups in total. The van der Waals surface area contributed by atoms with Crippen LogP contribution in [0.25, 0.3) is 0 Å². The molecule has 1 fully saturated rings. The number of ether oxygens (including phenoxy) is 1. The minimum Gasteiger partial charge on any atom is -0.497 e. The molecule has 1 aliphatic carbocycles. The van der Waals surface area contributed by atoms with Crippen LogP contribution in [0.3, 0.4) is 0 Å². The monoisotopic (exact) mass is 450 g/mol. The number of thioether (sulfide) groups is 1. The molecule has 1 aromatic carbocycles. The topological polar surface area (TPSA) is 105 Å². The lowest BCUT2D eigenvalue weighted by atomic mass is 9.95. The van der Waals surface area contributed by atoms with Crippen molar-refractivity contribution in [1.82, 2.24) is 10.6 Å². The predicted molar refractivity (Wildman–Crippen MR) is 122 cm³/mol. The van der Waals surface area contributed by atoms with Crippen molar-refractivity contribution >= 4 is 28.7 Å². The Labute approximate surface area is 188 Å². The summed E-state index contributed by atoms with van der Waals surface area (Å²) in [6.45, 7) is 5.31. The number of carbonyl (C=O) groups is 3. The molecule has 8 heteroatoms. The van der Waals surface area contributed by atoms with Crippen LogP contribution in [-0.2, 0) is 20.8 Å². The maximum atomic E-state index is 13.0. The minimum absolute atomic E-state index is 0.0401. The summed E-state index contributed by atoms with van der Waals surface area (Å²) in [5.41, 5.74) is -0.0472. The van der Waals surface area contributed by atoms with Crippen LogP contribution in [0.1, 0.15) is 52.0 Å². The van der Waals surface area contributed by atoms with Gasteiger partial charge in [-0.05, 0) is 36.5 Å². The molecule has 0 bridgehead atoms. The molecule has 2 rings (SSSR count). The maximum Gasteiger partial charge on any atom is 0.245 e. The minimum atomic E-state index is -0.985. The highest BCUT2D eigenvalue weighted by Gasteiger charge is 2.44. The molecule has 0 spiro atoms. The first kappa shape index (κ1) is 25.2. The van der Waals surface area contributed by atoms with E-state index in [1.54, 1.807) is 7.11 Å². The van der Waals surface area contributed by atoms with E-state index in [1.165, 1.54) is 6.92 Å². The van der Waals surface area contributed by atoms with E-state index in [0.29, 0.717) is 19.3 Å². The highest BCUT2D eigenvalue weighted by Crippen LogP contribution is 2.31. The Hall–Kier alpha value is -2.06. The highest BCUT2D eigenvalue weighted by molar-refractivity contribution is 8.14. The van der Waals surface area contributed by atoms with Crippen molar-refractivity contribution in [3.63, 3.8) is 0 Å². The molecule has 172 valence electrons. The fourth-order valence-electron chi connectivity index (χ4n) is 3.85. The number of amides is 2. The van der Waals surface area contributed by atoms with Crippen molar-refractivity contribution in [2.45, 2.75) is 69.8 Å². The third kappa shape index (κ3) is 7.25. The zero-order valence-electron chi connectivity index (χ0n) is 18.8. The molecule has 2 amide bonds. The second-order valence-corrected chi connectivity index (χ2v) is 9.79. The van der Waals surface area contributed by atoms with Gasteiger partial charge in [-0.1, -0.05) is 50.6 Å². The predicted octanol–water partition coefficient (Wildman–Crippen LogP) is 2.45. The van der Waals surface area contributed by atoms with Crippen LogP contribution < -0.4 is 15.4 Å². The molecule has 0 aliphatic heterocycles. The molecule has 7 nitrogen and oxygen atoms in total. The van der Waals surface area contributed by atoms with Gasteiger partial charge in [-0.25, -0.2) is 0 Å². The Kier molecular flexibility index (Phi) is 9.37. The molecule has 31 heavy (non-hydrogen) atoms. The van der Waals surface area contributed by atoms with Gasteiger partial charge in [0.2, 0.25) is 11.8 Å². The molecule has 1 aliphatic rings. The normalized spacial score (nSPS) is 17.1. The zero-order valence-corrected chi connectivity index (χ0v) is 19.6. The van der Waals surface area contributed by atoms with Gasteiger partial charge in [0.15, 0.2) is 5.12 Å². The number of aliphatic hydroxyl groups excluding tert-OH is 1. The van der Waals surface area contributed by atoms with Crippen molar-refractivity contribution in [3.05, 3.63) is 29.8 Å². The summed E-state index contributed by atoms with van der Waals surface area (Å²) in [6.07, 6.45) is 2.43. The highest BCUT2D eigenvalue weighted by atomic mass is 32.2. The van der Waals surface area contributed by atoms with Gasteiger partial charge in [0.1, 0.15) is 11.3 Å². The summed E-state index contributed by atoms with van der Waals surface area (Å²) >= 11 is 1.00. The van der Waals surface area contributed by atoms with E-state index in [9.17, 15) is 19.5 Å². The average molecular weight is 451 g/mol. The van der Waals surface area contributed by atoms with Gasteiger partial charge in [0, 0.05) is 19.9 Å². The van der Waals surface area contributed by atoms with E-state index in [0.717, 1.165) is 35.9 Å². The van der Waals surface area contributed by atoms with Crippen LogP contribution in [0.4, 0.5) is 0 Å². The number of methoxy groups -OCH3 is 1. The average Bonchev–Trinajstić information content (AvgIpc) is 3.20. The number of benzene rings is 1. The molecule has 2 atom stereocenters. The molecular formula is C23H34N2O5S. The van der Waals surface area contributed by atoms with Crippen LogP contribution in [0.5, 0.6) is 5.75 Å². The summed E-state index contributed by atoms with van der Waals surface area (Å²) in [5.74, 6) is 0.142. The quantitative estimate of drug-likeness (QED) is 0.506. The Morgan fingerprint density at radius 3 is 2.29 bits per heavy atom. The second kappa shape index (κ2) is 11.5. The molecule has 1 unspecified atom stereocenters. The van der Waals surface area contributed by atoms with Crippen molar-refractivity contribution in [2.24, 2.45) is 5.92 Å². The lowest BCUT2D eigenvalue weighted by Gasteiger charge is -2.32. The number of nitrogens with one attached hydrogen (secondary N) is 2. The molecule has 0 heterocycles. The number of hydrogen-bond acceptors (Lipinski definition) is 6. The van der Waals surface area contributed by atoms with E-state index < -0.39 is 16.9 Å². The third-order valence-electron chi connectivity index (χ3n) is 5.54. The first-order valence-corrected chi connectivity index (χ1v) is 11.6. The van der Waals surface area contributed by atoms with Gasteiger partial charge in [-0.15, -0.1) is 0 Å². The Balaban J connectivity index is 1.97. The summed E-state index contributed by atoms with van der Waals surface area (Å²) in [7, 11) is 1.60. The van der Waals surface area contributed by atoms with E-state index in [1.807, 2.05) is 38.1 Å². The van der Waals surface area contributed by atoms with E-state index in [2.05, 4.69) is 10.6 Å². The molecule has 1 saturated carbocycles. The molecule has 1 aromatic rings. The third-order valence-corrected chi connectivity index (χ3v) is 6.88. The Morgan fingerprint density at radius 2 is 1.77 bits per heavy atom. The van der Waals surface area contributed by atoms with Crippen LogP contribution in [0.2, 0.25) is 0 Å². The smallest absolute Gasteiger partial charge is 0.245 e. The van der Waals surface area contributed by atoms with Gasteiger partial charge in [0.05, 0.1) is 18.5 Å². The first-order chi connectivity index (χ1) is 14.7. The maximum absolute atomic E-state index is 13.0. The number of rotatable bonds is 10. The summed E-state index contributed by atoms with van der Waals surface area (Å²) in [6, 6.07) is 7.41. The zero-order chi connectivity index (χ0) is 23.0. The Bertz CT molecular complexity index is 760. The summed E-state index contributed by atoms with van der Waals surface area (Å²) in [4.78, 5) is 37.5. The van der Waals surface area contributed by atoms with Crippen LogP contribution >= 0.6 is 11.8 Å².